The van der Waals surface area contributed by atoms with Crippen molar-refractivity contribution in [2.45, 2.75) is 20.3 Å². The number of thioether (sulfide) groups is 1. The Bertz CT molecular complexity index is 828. The lowest BCUT2D eigenvalue weighted by Gasteiger charge is -2.15. The Morgan fingerprint density at radius 3 is 2.72 bits per heavy atom. The second-order valence-corrected chi connectivity index (χ2v) is 6.66. The first-order valence-electron chi connectivity index (χ1n) is 8.15. The minimum absolute atomic E-state index is 0.0111. The Labute approximate surface area is 151 Å². The Kier molecular flexibility index (Phi) is 5.50. The van der Waals surface area contributed by atoms with Crippen LogP contribution in [0.1, 0.15) is 24.5 Å². The molecule has 0 radical (unpaired) electrons. The van der Waals surface area contributed by atoms with Gasteiger partial charge in [0.2, 0.25) is 5.91 Å². The molecule has 1 amide bonds. The number of nitrogens with zero attached hydrogens (tertiary/aromatic N) is 2. The molecule has 0 fully saturated rings. The number of amides is 1. The molecule has 2 aromatic carbocycles. The first-order chi connectivity index (χ1) is 12.1. The molecule has 5 nitrogen and oxygen atoms in total. The number of rotatable bonds is 4. The Hall–Kier alpha value is -2.60. The summed E-state index contributed by atoms with van der Waals surface area (Å²) >= 11 is 1.62. The summed E-state index contributed by atoms with van der Waals surface area (Å²) in [5.74, 6) is 0.759. The molecule has 25 heavy (non-hydrogen) atoms. The lowest BCUT2D eigenvalue weighted by molar-refractivity contribution is -0.115. The van der Waals surface area contributed by atoms with Gasteiger partial charge in [0.05, 0.1) is 11.4 Å². The third kappa shape index (κ3) is 4.70. The molecule has 0 spiro atoms. The van der Waals surface area contributed by atoms with Gasteiger partial charge in [-0.05, 0) is 42.3 Å². The standard InChI is InChI=1S/C19H20N4OS/c1-3-18(24)20-15-9-7-14(8-10-15)17-12-25-19(23-22-17)21-16-6-4-5-13(2)11-16/h4-11H,3,12H2,1-2H3,(H,20,24)(H,21,23). The maximum absolute atomic E-state index is 11.4. The van der Waals surface area contributed by atoms with Crippen LogP contribution in [0, 0.1) is 6.92 Å². The van der Waals surface area contributed by atoms with Gasteiger partial charge in [0.15, 0.2) is 5.17 Å². The predicted octanol–water partition coefficient (Wildman–Crippen LogP) is 4.07. The summed E-state index contributed by atoms with van der Waals surface area (Å²) in [6.45, 7) is 3.88. The molecular formula is C19H20N4OS. The zero-order chi connectivity index (χ0) is 17.6. The topological polar surface area (TPSA) is 65.8 Å². The van der Waals surface area contributed by atoms with Crippen molar-refractivity contribution in [1.82, 2.24) is 5.43 Å². The van der Waals surface area contributed by atoms with Gasteiger partial charge in [-0.25, -0.2) is 4.99 Å². The van der Waals surface area contributed by atoms with E-state index in [1.807, 2.05) is 62.4 Å². The van der Waals surface area contributed by atoms with Gasteiger partial charge in [-0.2, -0.15) is 5.10 Å². The number of aryl methyl sites for hydroxylation is 1. The van der Waals surface area contributed by atoms with Crippen molar-refractivity contribution in [2.24, 2.45) is 10.1 Å². The van der Waals surface area contributed by atoms with Crippen LogP contribution in [-0.4, -0.2) is 22.5 Å². The highest BCUT2D eigenvalue weighted by atomic mass is 32.2. The summed E-state index contributed by atoms with van der Waals surface area (Å²) in [5, 5.41) is 8.07. The van der Waals surface area contributed by atoms with Gasteiger partial charge >= 0.3 is 0 Å². The molecule has 3 rings (SSSR count). The van der Waals surface area contributed by atoms with Crippen molar-refractivity contribution in [3.63, 3.8) is 0 Å². The zero-order valence-corrected chi connectivity index (χ0v) is 15.1. The summed E-state index contributed by atoms with van der Waals surface area (Å²) < 4.78 is 0. The number of carbonyl (C=O) groups excluding carboxylic acids is 1. The quantitative estimate of drug-likeness (QED) is 0.872. The van der Waals surface area contributed by atoms with Crippen LogP contribution in [-0.2, 0) is 4.79 Å². The fourth-order valence-electron chi connectivity index (χ4n) is 2.33. The van der Waals surface area contributed by atoms with Crippen LogP contribution in [0.2, 0.25) is 0 Å². The molecule has 2 N–H and O–H groups in total. The second-order valence-electron chi connectivity index (χ2n) is 5.69. The molecule has 0 aromatic heterocycles. The number of aliphatic imine (C=N–C) groups is 1. The van der Waals surface area contributed by atoms with Gasteiger partial charge in [0, 0.05) is 17.9 Å². The molecule has 2 aromatic rings. The van der Waals surface area contributed by atoms with Gasteiger partial charge in [-0.1, -0.05) is 43.0 Å². The Morgan fingerprint density at radius 1 is 1.28 bits per heavy atom. The summed E-state index contributed by atoms with van der Waals surface area (Å²) in [7, 11) is 0. The second kappa shape index (κ2) is 7.98. The molecule has 0 bridgehead atoms. The van der Waals surface area contributed by atoms with Crippen LogP contribution in [0.4, 0.5) is 11.4 Å². The van der Waals surface area contributed by atoms with Crippen LogP contribution < -0.4 is 10.7 Å². The highest BCUT2D eigenvalue weighted by molar-refractivity contribution is 8.14. The van der Waals surface area contributed by atoms with Gasteiger partial charge in [-0.3, -0.25) is 10.2 Å². The molecule has 1 aliphatic rings. The van der Waals surface area contributed by atoms with E-state index in [2.05, 4.69) is 20.8 Å². The fourth-order valence-corrected chi connectivity index (χ4v) is 3.12. The Balaban J connectivity index is 1.67. The average Bonchev–Trinajstić information content (AvgIpc) is 2.63. The molecule has 0 saturated carbocycles. The summed E-state index contributed by atoms with van der Waals surface area (Å²) in [4.78, 5) is 16.0. The number of nitrogens with one attached hydrogen (secondary N) is 2. The van der Waals surface area contributed by atoms with Gasteiger partial charge in [0.1, 0.15) is 0 Å². The smallest absolute Gasteiger partial charge is 0.224 e. The molecular weight excluding hydrogens is 332 g/mol. The maximum atomic E-state index is 11.4. The van der Waals surface area contributed by atoms with E-state index in [-0.39, 0.29) is 5.91 Å². The van der Waals surface area contributed by atoms with E-state index in [1.165, 1.54) is 5.56 Å². The predicted molar refractivity (Wildman–Crippen MR) is 106 cm³/mol. The van der Waals surface area contributed by atoms with Crippen molar-refractivity contribution < 1.29 is 4.79 Å². The Morgan fingerprint density at radius 2 is 2.08 bits per heavy atom. The minimum atomic E-state index is 0.0111. The molecule has 1 aliphatic heterocycles. The molecule has 6 heteroatoms. The number of anilines is 1. The molecule has 0 aliphatic carbocycles. The van der Waals surface area contributed by atoms with Crippen molar-refractivity contribution in [2.75, 3.05) is 11.1 Å². The van der Waals surface area contributed by atoms with Crippen molar-refractivity contribution >= 4 is 39.9 Å². The van der Waals surface area contributed by atoms with Crippen molar-refractivity contribution in [3.05, 3.63) is 59.7 Å². The molecule has 0 saturated heterocycles. The number of amidine groups is 1. The van der Waals surface area contributed by atoms with Gasteiger partial charge in [-0.15, -0.1) is 0 Å². The molecule has 0 atom stereocenters. The third-order valence-corrected chi connectivity index (χ3v) is 4.56. The minimum Gasteiger partial charge on any atom is -0.326 e. The third-order valence-electron chi connectivity index (χ3n) is 3.69. The lowest BCUT2D eigenvalue weighted by atomic mass is 10.1. The molecule has 0 unspecified atom stereocenters. The van der Waals surface area contributed by atoms with E-state index >= 15 is 0 Å². The van der Waals surface area contributed by atoms with E-state index in [1.54, 1.807) is 11.8 Å². The number of hydrogen-bond acceptors (Lipinski definition) is 4. The molecule has 128 valence electrons. The van der Waals surface area contributed by atoms with Crippen LogP contribution in [0.25, 0.3) is 0 Å². The monoisotopic (exact) mass is 352 g/mol. The normalized spacial score (nSPS) is 15.4. The van der Waals surface area contributed by atoms with Gasteiger partial charge < -0.3 is 5.32 Å². The van der Waals surface area contributed by atoms with E-state index in [0.29, 0.717) is 6.42 Å². The largest absolute Gasteiger partial charge is 0.326 e. The SMILES string of the molecule is CCC(=O)Nc1ccc(C2=NNC(=Nc3cccc(C)c3)SC2)cc1. The van der Waals surface area contributed by atoms with Crippen LogP contribution >= 0.6 is 11.8 Å². The summed E-state index contributed by atoms with van der Waals surface area (Å²) in [6.07, 6.45) is 0.470. The maximum Gasteiger partial charge on any atom is 0.224 e. The van der Waals surface area contributed by atoms with E-state index in [0.717, 1.165) is 33.6 Å². The van der Waals surface area contributed by atoms with Crippen LogP contribution in [0.5, 0.6) is 0 Å². The van der Waals surface area contributed by atoms with E-state index < -0.39 is 0 Å². The van der Waals surface area contributed by atoms with Crippen molar-refractivity contribution in [1.29, 1.82) is 0 Å². The van der Waals surface area contributed by atoms with E-state index in [9.17, 15) is 4.79 Å². The lowest BCUT2D eigenvalue weighted by Crippen LogP contribution is -2.25. The number of benzene rings is 2. The number of hydrogen-bond donors (Lipinski definition) is 2. The number of carbonyl (C=O) groups is 1. The summed E-state index contributed by atoms with van der Waals surface area (Å²) in [6, 6.07) is 15.8. The van der Waals surface area contributed by atoms with Crippen LogP contribution in [0.15, 0.2) is 58.6 Å². The first kappa shape index (κ1) is 17.2. The average molecular weight is 352 g/mol. The molecule has 1 heterocycles. The highest BCUT2D eigenvalue weighted by Gasteiger charge is 2.13. The summed E-state index contributed by atoms with van der Waals surface area (Å²) in [5.41, 5.74) is 7.92. The first-order valence-corrected chi connectivity index (χ1v) is 9.13. The van der Waals surface area contributed by atoms with E-state index in [4.69, 9.17) is 0 Å². The van der Waals surface area contributed by atoms with Crippen molar-refractivity contribution in [3.8, 4) is 0 Å². The highest BCUT2D eigenvalue weighted by Crippen LogP contribution is 2.20. The fraction of sp³-hybridized carbons (Fsp3) is 0.211. The number of hydrazone groups is 1. The zero-order valence-electron chi connectivity index (χ0n) is 14.2. The van der Waals surface area contributed by atoms with Crippen LogP contribution in [0.3, 0.4) is 0 Å². The van der Waals surface area contributed by atoms with Gasteiger partial charge in [0.25, 0.3) is 0 Å².